The van der Waals surface area contributed by atoms with Crippen LogP contribution in [0.2, 0.25) is 0 Å². The van der Waals surface area contributed by atoms with Gasteiger partial charge in [-0.2, -0.15) is 11.8 Å². The van der Waals surface area contributed by atoms with E-state index in [1.807, 2.05) is 0 Å². The summed E-state index contributed by atoms with van der Waals surface area (Å²) in [4.78, 5) is 9.98. The Balaban J connectivity index is 1.12. The van der Waals surface area contributed by atoms with Gasteiger partial charge in [0.05, 0.1) is 17.2 Å². The fraction of sp³-hybridized carbons (Fsp3) is 0.667. The Morgan fingerprint density at radius 1 is 1.38 bits per heavy atom. The third-order valence-electron chi connectivity index (χ3n) is 6.01. The fourth-order valence-corrected chi connectivity index (χ4v) is 5.67. The lowest BCUT2D eigenvalue weighted by Gasteiger charge is -2.15. The maximum Gasteiger partial charge on any atom is 0.274 e. The molecule has 0 radical (unpaired) electrons. The zero-order chi connectivity index (χ0) is 18.1. The first-order chi connectivity index (χ1) is 12.7. The van der Waals surface area contributed by atoms with Gasteiger partial charge in [0.2, 0.25) is 0 Å². The van der Waals surface area contributed by atoms with Gasteiger partial charge in [-0.15, -0.1) is 0 Å². The van der Waals surface area contributed by atoms with Crippen LogP contribution < -0.4 is 16.0 Å². The molecule has 3 unspecified atom stereocenters. The molecular weight excluding hydrogens is 352 g/mol. The summed E-state index contributed by atoms with van der Waals surface area (Å²) >= 11 is 1.75. The number of rotatable bonds is 11. The quantitative estimate of drug-likeness (QED) is 0.309. The van der Waals surface area contributed by atoms with Gasteiger partial charge in [0.1, 0.15) is 11.5 Å². The van der Waals surface area contributed by atoms with E-state index in [0.717, 1.165) is 65.5 Å². The Labute approximate surface area is 157 Å². The molecule has 4 aliphatic carbocycles. The maximum absolute atomic E-state index is 10.4. The first-order valence-electron chi connectivity index (χ1n) is 9.31. The highest BCUT2D eigenvalue weighted by molar-refractivity contribution is 7.98. The summed E-state index contributed by atoms with van der Waals surface area (Å²) in [6.45, 7) is 1.49. The van der Waals surface area contributed by atoms with Crippen LogP contribution in [-0.2, 0) is 12.3 Å². The minimum absolute atomic E-state index is 0.421. The van der Waals surface area contributed by atoms with Crippen LogP contribution in [0, 0.1) is 33.8 Å². The SMILES string of the molecule is CN/C(=C\[N+](=O)[O-])NCCSCc1ccc(CNC2C3CC4C(C3)C42)o1. The molecule has 1 aromatic heterocycles. The molecule has 0 aromatic carbocycles. The van der Waals surface area contributed by atoms with Gasteiger partial charge in [-0.05, 0) is 48.6 Å². The Kier molecular flexibility index (Phi) is 5.13. The number of nitrogens with one attached hydrogen (secondary N) is 3. The van der Waals surface area contributed by atoms with Gasteiger partial charge in [0, 0.05) is 25.4 Å². The van der Waals surface area contributed by atoms with Gasteiger partial charge in [0.25, 0.3) is 6.20 Å². The average molecular weight is 378 g/mol. The first-order valence-corrected chi connectivity index (χ1v) is 10.5. The molecule has 7 nitrogen and oxygen atoms in total. The first kappa shape index (κ1) is 17.7. The zero-order valence-corrected chi connectivity index (χ0v) is 15.8. The third kappa shape index (κ3) is 3.71. The van der Waals surface area contributed by atoms with Crippen LogP contribution in [0.3, 0.4) is 0 Å². The van der Waals surface area contributed by atoms with Gasteiger partial charge >= 0.3 is 0 Å². The lowest BCUT2D eigenvalue weighted by molar-refractivity contribution is -0.404. The predicted octanol–water partition coefficient (Wildman–Crippen LogP) is 2.14. The third-order valence-corrected chi connectivity index (χ3v) is 6.99. The largest absolute Gasteiger partial charge is 0.464 e. The van der Waals surface area contributed by atoms with Crippen molar-refractivity contribution in [2.24, 2.45) is 23.7 Å². The van der Waals surface area contributed by atoms with Crippen LogP contribution in [0.15, 0.2) is 28.6 Å². The van der Waals surface area contributed by atoms with E-state index in [-0.39, 0.29) is 0 Å². The highest BCUT2D eigenvalue weighted by atomic mass is 32.2. The average Bonchev–Trinajstić information content (AvgIpc) is 3.13. The number of furan rings is 1. The van der Waals surface area contributed by atoms with Crippen molar-refractivity contribution in [2.45, 2.75) is 31.2 Å². The van der Waals surface area contributed by atoms with E-state index in [4.69, 9.17) is 4.42 Å². The van der Waals surface area contributed by atoms with E-state index in [1.165, 1.54) is 12.8 Å². The smallest absolute Gasteiger partial charge is 0.274 e. The number of nitro groups is 1. The molecular formula is C18H26N4O3S. The van der Waals surface area contributed by atoms with Gasteiger partial charge in [-0.3, -0.25) is 10.1 Å². The summed E-state index contributed by atoms with van der Waals surface area (Å²) < 4.78 is 5.93. The van der Waals surface area contributed by atoms with Crippen LogP contribution in [0.1, 0.15) is 24.4 Å². The van der Waals surface area contributed by atoms with Crippen molar-refractivity contribution >= 4 is 11.8 Å². The lowest BCUT2D eigenvalue weighted by Crippen LogP contribution is -2.31. The molecule has 26 heavy (non-hydrogen) atoms. The molecule has 1 aromatic rings. The molecule has 0 aliphatic heterocycles. The van der Waals surface area contributed by atoms with Gasteiger partial charge in [0.15, 0.2) is 5.82 Å². The number of hydrogen-bond acceptors (Lipinski definition) is 7. The second kappa shape index (κ2) is 7.52. The molecule has 4 fully saturated rings. The topological polar surface area (TPSA) is 92.4 Å². The van der Waals surface area contributed by atoms with Crippen molar-refractivity contribution in [3.8, 4) is 0 Å². The zero-order valence-electron chi connectivity index (χ0n) is 14.9. The van der Waals surface area contributed by atoms with E-state index in [0.29, 0.717) is 12.4 Å². The molecule has 142 valence electrons. The fourth-order valence-electron chi connectivity index (χ4n) is 4.92. The van der Waals surface area contributed by atoms with E-state index < -0.39 is 4.92 Å². The molecule has 0 spiro atoms. The molecule has 4 saturated carbocycles. The van der Waals surface area contributed by atoms with Crippen LogP contribution in [0.25, 0.3) is 0 Å². The summed E-state index contributed by atoms with van der Waals surface area (Å²) in [5.74, 6) is 8.05. The number of thioether (sulfide) groups is 1. The Hall–Kier alpha value is -1.67. The minimum Gasteiger partial charge on any atom is -0.464 e. The van der Waals surface area contributed by atoms with Crippen molar-refractivity contribution in [2.75, 3.05) is 19.3 Å². The molecule has 4 bridgehead atoms. The van der Waals surface area contributed by atoms with Gasteiger partial charge in [-0.1, -0.05) is 0 Å². The van der Waals surface area contributed by atoms with E-state index >= 15 is 0 Å². The molecule has 0 saturated heterocycles. The predicted molar refractivity (Wildman–Crippen MR) is 101 cm³/mol. The molecule has 0 amide bonds. The van der Waals surface area contributed by atoms with Gasteiger partial charge < -0.3 is 20.4 Å². The monoisotopic (exact) mass is 378 g/mol. The van der Waals surface area contributed by atoms with Crippen molar-refractivity contribution in [1.29, 1.82) is 0 Å². The molecule has 8 heteroatoms. The second-order valence-corrected chi connectivity index (χ2v) is 8.57. The van der Waals surface area contributed by atoms with Crippen molar-refractivity contribution in [3.63, 3.8) is 0 Å². The summed E-state index contributed by atoms with van der Waals surface area (Å²) in [5.41, 5.74) is 0. The Morgan fingerprint density at radius 3 is 2.81 bits per heavy atom. The van der Waals surface area contributed by atoms with Crippen molar-refractivity contribution in [3.05, 3.63) is 45.8 Å². The normalized spacial score (nSPS) is 31.3. The Bertz CT molecular complexity index is 678. The van der Waals surface area contributed by atoms with Crippen LogP contribution in [0.5, 0.6) is 0 Å². The highest BCUT2D eigenvalue weighted by Gasteiger charge is 2.68. The van der Waals surface area contributed by atoms with Crippen LogP contribution in [0.4, 0.5) is 0 Å². The van der Waals surface area contributed by atoms with Crippen LogP contribution >= 0.6 is 11.8 Å². The highest BCUT2D eigenvalue weighted by Crippen LogP contribution is 2.70. The Morgan fingerprint density at radius 2 is 2.15 bits per heavy atom. The van der Waals surface area contributed by atoms with E-state index in [1.54, 1.807) is 18.8 Å². The second-order valence-electron chi connectivity index (χ2n) is 7.47. The number of nitrogens with zero attached hydrogens (tertiary/aromatic N) is 1. The minimum atomic E-state index is -0.470. The summed E-state index contributed by atoms with van der Waals surface area (Å²) in [6.07, 6.45) is 3.84. The lowest BCUT2D eigenvalue weighted by atomic mass is 10.1. The van der Waals surface area contributed by atoms with Crippen molar-refractivity contribution in [1.82, 2.24) is 16.0 Å². The molecule has 5 rings (SSSR count). The van der Waals surface area contributed by atoms with E-state index in [2.05, 4.69) is 28.1 Å². The van der Waals surface area contributed by atoms with Gasteiger partial charge in [-0.25, -0.2) is 0 Å². The molecule has 3 atom stereocenters. The summed E-state index contributed by atoms with van der Waals surface area (Å²) in [5, 5.41) is 20.0. The van der Waals surface area contributed by atoms with Crippen LogP contribution in [-0.4, -0.2) is 30.3 Å². The molecule has 3 N–H and O–H groups in total. The van der Waals surface area contributed by atoms with Crippen molar-refractivity contribution < 1.29 is 9.34 Å². The number of hydrogen-bond donors (Lipinski definition) is 3. The molecule has 1 heterocycles. The molecule has 4 aliphatic rings. The summed E-state index contributed by atoms with van der Waals surface area (Å²) in [6, 6.07) is 4.86. The summed E-state index contributed by atoms with van der Waals surface area (Å²) in [7, 11) is 1.66. The van der Waals surface area contributed by atoms with E-state index in [9.17, 15) is 10.1 Å². The maximum atomic E-state index is 10.4. The standard InChI is InChI=1S/C18H26N4O3S/c1-19-16(9-22(23)24)20-4-5-26-10-13-3-2-12(25-13)8-21-18-11-6-14-15(7-11)17(14)18/h2-3,9,11,14-15,17-21H,4-8,10H2,1H3/b16-9+.